The van der Waals surface area contributed by atoms with Gasteiger partial charge in [0.1, 0.15) is 12.0 Å². The third-order valence-electron chi connectivity index (χ3n) is 6.29. The first-order valence-electron chi connectivity index (χ1n) is 11.5. The van der Waals surface area contributed by atoms with Gasteiger partial charge in [-0.25, -0.2) is 4.39 Å². The second-order valence-electron chi connectivity index (χ2n) is 8.67. The molecule has 2 N–H and O–H groups in total. The Morgan fingerprint density at radius 1 is 1.10 bits per heavy atom. The number of rotatable bonds is 15. The molecule has 0 bridgehead atoms. The number of aliphatic hydroxyl groups is 2. The lowest BCUT2D eigenvalue weighted by Crippen LogP contribution is -2.27. The van der Waals surface area contributed by atoms with Gasteiger partial charge in [0.05, 0.1) is 18.8 Å². The molecule has 29 heavy (non-hydrogen) atoms. The molecule has 5 unspecified atom stereocenters. The summed E-state index contributed by atoms with van der Waals surface area (Å²) >= 11 is 0. The summed E-state index contributed by atoms with van der Waals surface area (Å²) in [4.78, 5) is 23.7. The van der Waals surface area contributed by atoms with Crippen molar-refractivity contribution in [1.29, 1.82) is 0 Å². The summed E-state index contributed by atoms with van der Waals surface area (Å²) in [6.07, 6.45) is 3.34. The maximum atomic E-state index is 14.0. The third-order valence-corrected chi connectivity index (χ3v) is 6.29. The van der Waals surface area contributed by atoms with Gasteiger partial charge in [0, 0.05) is 19.3 Å². The van der Waals surface area contributed by atoms with Crippen molar-refractivity contribution < 1.29 is 28.9 Å². The lowest BCUT2D eigenvalue weighted by Gasteiger charge is -2.25. The van der Waals surface area contributed by atoms with Gasteiger partial charge < -0.3 is 14.9 Å². The number of ketones is 1. The van der Waals surface area contributed by atoms with Gasteiger partial charge in [-0.2, -0.15) is 0 Å². The number of unbranched alkanes of at least 4 members (excludes halogenated alkanes) is 2. The molecule has 1 aliphatic carbocycles. The number of aliphatic hydroxyl groups excluding tert-OH is 2. The van der Waals surface area contributed by atoms with E-state index in [0.29, 0.717) is 64.4 Å². The molecular formula is C23H41FO5. The van der Waals surface area contributed by atoms with E-state index in [0.717, 1.165) is 12.8 Å². The van der Waals surface area contributed by atoms with E-state index >= 15 is 0 Å². The summed E-state index contributed by atoms with van der Waals surface area (Å²) in [5.41, 5.74) is 0. The van der Waals surface area contributed by atoms with Crippen molar-refractivity contribution in [2.24, 2.45) is 17.8 Å². The first-order valence-corrected chi connectivity index (χ1v) is 11.5. The van der Waals surface area contributed by atoms with Gasteiger partial charge >= 0.3 is 5.97 Å². The molecule has 170 valence electrons. The van der Waals surface area contributed by atoms with Crippen LogP contribution in [0.3, 0.4) is 0 Å². The third kappa shape index (κ3) is 9.56. The molecule has 5 nitrogen and oxygen atoms in total. The maximum Gasteiger partial charge on any atom is 0.305 e. The van der Waals surface area contributed by atoms with Crippen molar-refractivity contribution in [3.8, 4) is 0 Å². The van der Waals surface area contributed by atoms with Crippen molar-refractivity contribution in [1.82, 2.24) is 0 Å². The molecule has 0 spiro atoms. The van der Waals surface area contributed by atoms with Crippen LogP contribution in [0.4, 0.5) is 4.39 Å². The molecule has 0 aromatic carbocycles. The Morgan fingerprint density at radius 2 is 1.79 bits per heavy atom. The highest BCUT2D eigenvalue weighted by Crippen LogP contribution is 2.42. The molecule has 1 aliphatic rings. The molecule has 0 saturated heterocycles. The van der Waals surface area contributed by atoms with Crippen molar-refractivity contribution in [2.45, 2.75) is 110 Å². The van der Waals surface area contributed by atoms with Crippen LogP contribution in [0, 0.1) is 17.8 Å². The molecule has 0 aromatic rings. The SMILES string of the molecule is CCCCC(F)C(O)CC[C@H]1C(C)CC(O)C1CC(=O)CCCCC(=O)OCC. The number of alkyl halides is 1. The number of hydrogen-bond acceptors (Lipinski definition) is 5. The minimum atomic E-state index is -1.20. The van der Waals surface area contributed by atoms with Crippen LogP contribution in [0.5, 0.6) is 0 Å². The fourth-order valence-electron chi connectivity index (χ4n) is 4.55. The van der Waals surface area contributed by atoms with Crippen LogP contribution < -0.4 is 0 Å². The molecule has 6 atom stereocenters. The second-order valence-corrected chi connectivity index (χ2v) is 8.67. The topological polar surface area (TPSA) is 83.8 Å². The average Bonchev–Trinajstić information content (AvgIpc) is 2.94. The Hall–Kier alpha value is -1.01. The summed E-state index contributed by atoms with van der Waals surface area (Å²) < 4.78 is 18.9. The predicted molar refractivity (Wildman–Crippen MR) is 111 cm³/mol. The van der Waals surface area contributed by atoms with Crippen molar-refractivity contribution in [3.63, 3.8) is 0 Å². The number of hydrogen-bond donors (Lipinski definition) is 2. The van der Waals surface area contributed by atoms with Crippen LogP contribution in [0.2, 0.25) is 0 Å². The lowest BCUT2D eigenvalue weighted by atomic mass is 9.81. The van der Waals surface area contributed by atoms with E-state index in [4.69, 9.17) is 4.74 Å². The first kappa shape index (κ1) is 26.0. The largest absolute Gasteiger partial charge is 0.466 e. The summed E-state index contributed by atoms with van der Waals surface area (Å²) in [7, 11) is 0. The van der Waals surface area contributed by atoms with Crippen LogP contribution in [-0.4, -0.2) is 47.0 Å². The van der Waals surface area contributed by atoms with E-state index in [1.54, 1.807) is 6.92 Å². The molecule has 0 aromatic heterocycles. The van der Waals surface area contributed by atoms with E-state index in [9.17, 15) is 24.2 Å². The van der Waals surface area contributed by atoms with Crippen LogP contribution >= 0.6 is 0 Å². The molecule has 1 fully saturated rings. The number of carbonyl (C=O) groups excluding carboxylic acids is 2. The number of esters is 1. The summed E-state index contributed by atoms with van der Waals surface area (Å²) in [5, 5.41) is 20.5. The lowest BCUT2D eigenvalue weighted by molar-refractivity contribution is -0.143. The zero-order valence-corrected chi connectivity index (χ0v) is 18.4. The second kappa shape index (κ2) is 14.1. The minimum absolute atomic E-state index is 0.101. The van der Waals surface area contributed by atoms with Gasteiger partial charge in [0.25, 0.3) is 0 Å². The molecular weight excluding hydrogens is 375 g/mol. The zero-order chi connectivity index (χ0) is 21.8. The highest BCUT2D eigenvalue weighted by molar-refractivity contribution is 5.78. The maximum absolute atomic E-state index is 14.0. The fourth-order valence-corrected chi connectivity index (χ4v) is 4.55. The standard InChI is InChI=1S/C23H41FO5/c1-4-6-10-20(24)21(26)13-12-18-16(3)14-22(27)19(18)15-17(25)9-7-8-11-23(28)29-5-2/h16,18-22,26-27H,4-15H2,1-3H3/t16?,18-,19?,20?,21?,22?/m0/s1. The summed E-state index contributed by atoms with van der Waals surface area (Å²) in [6.45, 7) is 6.20. The molecule has 0 heterocycles. The minimum Gasteiger partial charge on any atom is -0.466 e. The Balaban J connectivity index is 2.43. The number of halogens is 1. The van der Waals surface area contributed by atoms with E-state index in [1.807, 2.05) is 6.92 Å². The van der Waals surface area contributed by atoms with Gasteiger partial charge in [-0.1, -0.05) is 26.7 Å². The van der Waals surface area contributed by atoms with Crippen LogP contribution in [0.1, 0.15) is 91.4 Å². The first-order chi connectivity index (χ1) is 13.8. The van der Waals surface area contributed by atoms with Crippen LogP contribution in [0.15, 0.2) is 0 Å². The fraction of sp³-hybridized carbons (Fsp3) is 0.913. The highest BCUT2D eigenvalue weighted by Gasteiger charge is 2.41. The average molecular weight is 417 g/mol. The quantitative estimate of drug-likeness (QED) is 0.306. The van der Waals surface area contributed by atoms with Crippen molar-refractivity contribution in [2.75, 3.05) is 6.61 Å². The van der Waals surface area contributed by atoms with Crippen LogP contribution in [-0.2, 0) is 14.3 Å². The normalized spacial score (nSPS) is 26.3. The monoisotopic (exact) mass is 416 g/mol. The Morgan fingerprint density at radius 3 is 2.45 bits per heavy atom. The zero-order valence-electron chi connectivity index (χ0n) is 18.4. The Kier molecular flexibility index (Phi) is 12.6. The molecule has 6 heteroatoms. The number of ether oxygens (including phenoxy) is 1. The number of carbonyl (C=O) groups is 2. The Labute approximate surface area is 175 Å². The van der Waals surface area contributed by atoms with E-state index < -0.39 is 18.4 Å². The molecule has 0 amide bonds. The van der Waals surface area contributed by atoms with Crippen molar-refractivity contribution >= 4 is 11.8 Å². The summed E-state index contributed by atoms with van der Waals surface area (Å²) in [6, 6.07) is 0. The van der Waals surface area contributed by atoms with Gasteiger partial charge in [0.2, 0.25) is 0 Å². The van der Waals surface area contributed by atoms with Crippen LogP contribution in [0.25, 0.3) is 0 Å². The van der Waals surface area contributed by atoms with Gasteiger partial charge in [-0.3, -0.25) is 9.59 Å². The predicted octanol–water partition coefficient (Wildman–Crippen LogP) is 4.37. The smallest absolute Gasteiger partial charge is 0.305 e. The molecule has 0 radical (unpaired) electrons. The Bertz CT molecular complexity index is 484. The molecule has 1 rings (SSSR count). The van der Waals surface area contributed by atoms with Gasteiger partial charge in [0.15, 0.2) is 0 Å². The number of Topliss-reactive ketones (excluding diaryl/α,β-unsaturated/α-hetero) is 1. The summed E-state index contributed by atoms with van der Waals surface area (Å²) in [5.74, 6) is 0.130. The molecule has 0 aliphatic heterocycles. The van der Waals surface area contributed by atoms with Gasteiger partial charge in [-0.05, 0) is 63.2 Å². The highest BCUT2D eigenvalue weighted by atomic mass is 19.1. The molecule has 1 saturated carbocycles. The van der Waals surface area contributed by atoms with E-state index in [2.05, 4.69) is 6.92 Å². The van der Waals surface area contributed by atoms with Crippen molar-refractivity contribution in [3.05, 3.63) is 0 Å². The van der Waals surface area contributed by atoms with E-state index in [-0.39, 0.29) is 29.5 Å². The van der Waals surface area contributed by atoms with E-state index in [1.165, 1.54) is 0 Å². The van der Waals surface area contributed by atoms with Gasteiger partial charge in [-0.15, -0.1) is 0 Å².